The minimum absolute atomic E-state index is 0.0960. The summed E-state index contributed by atoms with van der Waals surface area (Å²) in [6, 6.07) is 15.1. The van der Waals surface area contributed by atoms with Gasteiger partial charge in [-0.2, -0.15) is 0 Å². The lowest BCUT2D eigenvalue weighted by atomic mass is 10.0. The molecule has 2 aliphatic heterocycles. The van der Waals surface area contributed by atoms with E-state index in [9.17, 15) is 18.0 Å². The molecule has 0 aliphatic carbocycles. The SMILES string of the molecule is O=C(Nc1c(-c2ccccc2F)ccnc1N1CCC(F)(F)C1)N1Cc2ccccc2C1. The molecule has 5 nitrogen and oxygen atoms in total. The predicted molar refractivity (Wildman–Crippen MR) is 116 cm³/mol. The number of nitrogens with zero attached hydrogens (tertiary/aromatic N) is 3. The van der Waals surface area contributed by atoms with Gasteiger partial charge in [0.15, 0.2) is 5.82 Å². The van der Waals surface area contributed by atoms with Crippen LogP contribution in [0, 0.1) is 5.82 Å². The van der Waals surface area contributed by atoms with Crippen LogP contribution in [0.3, 0.4) is 0 Å². The predicted octanol–water partition coefficient (Wildman–Crippen LogP) is 5.28. The van der Waals surface area contributed by atoms with Crippen molar-refractivity contribution < 1.29 is 18.0 Å². The Morgan fingerprint density at radius 2 is 1.66 bits per heavy atom. The van der Waals surface area contributed by atoms with Gasteiger partial charge in [0.25, 0.3) is 5.92 Å². The molecular formula is C24H21F3N4O. The third kappa shape index (κ3) is 3.77. The lowest BCUT2D eigenvalue weighted by molar-refractivity contribution is 0.0257. The molecule has 2 aromatic carbocycles. The Kier molecular flexibility index (Phi) is 5.00. The van der Waals surface area contributed by atoms with Crippen LogP contribution in [0.5, 0.6) is 0 Å². The molecular weight excluding hydrogens is 417 g/mol. The number of nitrogens with one attached hydrogen (secondary N) is 1. The summed E-state index contributed by atoms with van der Waals surface area (Å²) in [5.74, 6) is -3.10. The van der Waals surface area contributed by atoms with Crippen LogP contribution in [0.4, 0.5) is 29.5 Å². The van der Waals surface area contributed by atoms with E-state index < -0.39 is 18.3 Å². The van der Waals surface area contributed by atoms with Crippen molar-refractivity contribution in [1.29, 1.82) is 0 Å². The summed E-state index contributed by atoms with van der Waals surface area (Å²) in [5, 5.41) is 2.86. The molecule has 3 heterocycles. The van der Waals surface area contributed by atoms with Crippen LogP contribution in [0.25, 0.3) is 11.1 Å². The minimum atomic E-state index is -2.84. The molecule has 1 N–H and O–H groups in total. The number of anilines is 2. The summed E-state index contributed by atoms with van der Waals surface area (Å²) < 4.78 is 42.5. The van der Waals surface area contributed by atoms with Crippen LogP contribution in [0.1, 0.15) is 17.5 Å². The molecule has 2 amide bonds. The number of carbonyl (C=O) groups is 1. The normalized spacial score (nSPS) is 16.8. The number of amides is 2. The van der Waals surface area contributed by atoms with Crippen LogP contribution >= 0.6 is 0 Å². The van der Waals surface area contributed by atoms with E-state index in [1.807, 2.05) is 24.3 Å². The van der Waals surface area contributed by atoms with E-state index in [0.717, 1.165) is 11.1 Å². The maximum absolute atomic E-state index is 14.6. The van der Waals surface area contributed by atoms with Gasteiger partial charge in [-0.1, -0.05) is 42.5 Å². The highest BCUT2D eigenvalue weighted by molar-refractivity contribution is 5.99. The molecule has 0 radical (unpaired) electrons. The number of carbonyl (C=O) groups excluding carboxylic acids is 1. The van der Waals surface area contributed by atoms with Crippen molar-refractivity contribution >= 4 is 17.5 Å². The highest BCUT2D eigenvalue weighted by atomic mass is 19.3. The van der Waals surface area contributed by atoms with Crippen molar-refractivity contribution in [3.63, 3.8) is 0 Å². The third-order valence-corrected chi connectivity index (χ3v) is 5.92. The van der Waals surface area contributed by atoms with Gasteiger partial charge in [-0.05, 0) is 23.3 Å². The number of rotatable bonds is 3. The van der Waals surface area contributed by atoms with Gasteiger partial charge in [0.05, 0.1) is 12.2 Å². The second kappa shape index (κ2) is 7.85. The summed E-state index contributed by atoms with van der Waals surface area (Å²) in [6.45, 7) is 0.473. The number of benzene rings is 2. The van der Waals surface area contributed by atoms with Gasteiger partial charge in [-0.3, -0.25) is 0 Å². The Labute approximate surface area is 183 Å². The summed E-state index contributed by atoms with van der Waals surface area (Å²) >= 11 is 0. The maximum atomic E-state index is 14.6. The van der Waals surface area contributed by atoms with Gasteiger partial charge < -0.3 is 15.1 Å². The van der Waals surface area contributed by atoms with Crippen molar-refractivity contribution in [3.05, 3.63) is 77.7 Å². The van der Waals surface area contributed by atoms with Crippen molar-refractivity contribution in [2.24, 2.45) is 0 Å². The molecule has 1 saturated heterocycles. The second-order valence-corrected chi connectivity index (χ2v) is 8.12. The van der Waals surface area contributed by atoms with Gasteiger partial charge in [-0.15, -0.1) is 0 Å². The van der Waals surface area contributed by atoms with Crippen molar-refractivity contribution in [1.82, 2.24) is 9.88 Å². The first-order valence-electron chi connectivity index (χ1n) is 10.4. The van der Waals surface area contributed by atoms with Gasteiger partial charge >= 0.3 is 6.03 Å². The summed E-state index contributed by atoms with van der Waals surface area (Å²) in [7, 11) is 0. The van der Waals surface area contributed by atoms with E-state index in [2.05, 4.69) is 10.3 Å². The Balaban J connectivity index is 1.52. The zero-order chi connectivity index (χ0) is 22.3. The van der Waals surface area contributed by atoms with Crippen molar-refractivity contribution in [2.75, 3.05) is 23.3 Å². The average Bonchev–Trinajstić information content (AvgIpc) is 3.37. The standard InChI is InChI=1S/C24H21F3N4O/c25-20-8-4-3-7-18(20)19-9-11-28-22(30-12-10-24(26,27)15-30)21(19)29-23(32)31-13-16-5-1-2-6-17(16)14-31/h1-9,11H,10,12-15H2,(H,29,32). The fourth-order valence-electron chi connectivity index (χ4n) is 4.30. The van der Waals surface area contributed by atoms with Gasteiger partial charge in [0.1, 0.15) is 5.82 Å². The van der Waals surface area contributed by atoms with E-state index >= 15 is 0 Å². The fourth-order valence-corrected chi connectivity index (χ4v) is 4.30. The van der Waals surface area contributed by atoms with Gasteiger partial charge in [0, 0.05) is 43.4 Å². The zero-order valence-corrected chi connectivity index (χ0v) is 17.2. The average molecular weight is 438 g/mol. The van der Waals surface area contributed by atoms with E-state index in [1.165, 1.54) is 17.2 Å². The van der Waals surface area contributed by atoms with Crippen molar-refractivity contribution in [3.8, 4) is 11.1 Å². The molecule has 0 spiro atoms. The Bertz CT molecular complexity index is 1160. The molecule has 0 saturated carbocycles. The van der Waals surface area contributed by atoms with E-state index in [1.54, 1.807) is 29.2 Å². The molecule has 3 aromatic rings. The zero-order valence-electron chi connectivity index (χ0n) is 17.2. The number of aromatic nitrogens is 1. The molecule has 0 bridgehead atoms. The molecule has 164 valence electrons. The van der Waals surface area contributed by atoms with Crippen LogP contribution in [-0.2, 0) is 13.1 Å². The number of hydrogen-bond donors (Lipinski definition) is 1. The number of urea groups is 1. The van der Waals surface area contributed by atoms with Gasteiger partial charge in [0.2, 0.25) is 0 Å². The number of hydrogen-bond acceptors (Lipinski definition) is 3. The maximum Gasteiger partial charge on any atom is 0.322 e. The molecule has 1 aromatic heterocycles. The summed E-state index contributed by atoms with van der Waals surface area (Å²) in [4.78, 5) is 20.5. The molecule has 8 heteroatoms. The number of halogens is 3. The number of pyridine rings is 1. The number of fused-ring (bicyclic) bond motifs is 1. The molecule has 5 rings (SSSR count). The van der Waals surface area contributed by atoms with Crippen molar-refractivity contribution in [2.45, 2.75) is 25.4 Å². The molecule has 0 atom stereocenters. The summed E-state index contributed by atoms with van der Waals surface area (Å²) in [6.07, 6.45) is 1.16. The third-order valence-electron chi connectivity index (χ3n) is 5.92. The molecule has 0 unspecified atom stereocenters. The van der Waals surface area contributed by atoms with Gasteiger partial charge in [-0.25, -0.2) is 22.9 Å². The first kappa shape index (κ1) is 20.4. The Hall–Kier alpha value is -3.55. The highest BCUT2D eigenvalue weighted by Crippen LogP contribution is 2.40. The van der Waals surface area contributed by atoms with Crippen LogP contribution in [-0.4, -0.2) is 34.9 Å². The topological polar surface area (TPSA) is 48.5 Å². The molecule has 2 aliphatic rings. The molecule has 32 heavy (non-hydrogen) atoms. The second-order valence-electron chi connectivity index (χ2n) is 8.12. The fraction of sp³-hybridized carbons (Fsp3) is 0.250. The minimum Gasteiger partial charge on any atom is -0.349 e. The lowest BCUT2D eigenvalue weighted by Crippen LogP contribution is -2.32. The van der Waals surface area contributed by atoms with Crippen LogP contribution in [0.15, 0.2) is 60.8 Å². The number of alkyl halides is 2. The van der Waals surface area contributed by atoms with Crippen LogP contribution in [0.2, 0.25) is 0 Å². The summed E-state index contributed by atoms with van der Waals surface area (Å²) in [5.41, 5.74) is 3.01. The first-order valence-corrected chi connectivity index (χ1v) is 10.4. The first-order chi connectivity index (χ1) is 15.4. The Morgan fingerprint density at radius 1 is 0.969 bits per heavy atom. The Morgan fingerprint density at radius 3 is 2.31 bits per heavy atom. The monoisotopic (exact) mass is 438 g/mol. The largest absolute Gasteiger partial charge is 0.349 e. The van der Waals surface area contributed by atoms with Crippen LogP contribution < -0.4 is 10.2 Å². The van der Waals surface area contributed by atoms with E-state index in [4.69, 9.17) is 0 Å². The molecule has 1 fully saturated rings. The van der Waals surface area contributed by atoms with E-state index in [-0.39, 0.29) is 36.1 Å². The lowest BCUT2D eigenvalue weighted by Gasteiger charge is -2.24. The highest BCUT2D eigenvalue weighted by Gasteiger charge is 2.40. The smallest absolute Gasteiger partial charge is 0.322 e. The quantitative estimate of drug-likeness (QED) is 0.605. The van der Waals surface area contributed by atoms with E-state index in [0.29, 0.717) is 18.7 Å².